The third-order valence-electron chi connectivity index (χ3n) is 2.36. The highest BCUT2D eigenvalue weighted by Crippen LogP contribution is 2.29. The molecule has 0 nitrogen and oxygen atoms in total. The molecule has 0 saturated heterocycles. The lowest BCUT2D eigenvalue weighted by Gasteiger charge is -2.24. The summed E-state index contributed by atoms with van der Waals surface area (Å²) in [6.07, 6.45) is 16.1. The molecule has 0 amide bonds. The summed E-state index contributed by atoms with van der Waals surface area (Å²) in [5.41, 5.74) is 0. The maximum atomic E-state index is 2.33. The first-order chi connectivity index (χ1) is 4.97. The second-order valence-electron chi connectivity index (χ2n) is 3.04. The SMILES string of the molecule is C1=CC2CC=CCC2C=C1. The molecule has 0 heteroatoms. The predicted octanol–water partition coefficient (Wildman–Crippen LogP) is 2.69. The van der Waals surface area contributed by atoms with Gasteiger partial charge in [0, 0.05) is 0 Å². The van der Waals surface area contributed by atoms with Gasteiger partial charge in [0.25, 0.3) is 0 Å². The minimum atomic E-state index is 0.801. The van der Waals surface area contributed by atoms with E-state index in [1.54, 1.807) is 0 Å². The summed E-state index contributed by atoms with van der Waals surface area (Å²) in [6.45, 7) is 0. The minimum absolute atomic E-state index is 0.801. The largest absolute Gasteiger partial charge is 0.0879 e. The van der Waals surface area contributed by atoms with Gasteiger partial charge < -0.3 is 0 Å². The van der Waals surface area contributed by atoms with Crippen LogP contribution in [-0.2, 0) is 0 Å². The average molecular weight is 132 g/mol. The van der Waals surface area contributed by atoms with E-state index in [1.165, 1.54) is 12.8 Å². The maximum Gasteiger partial charge on any atom is -0.0130 e. The minimum Gasteiger partial charge on any atom is -0.0879 e. The van der Waals surface area contributed by atoms with Gasteiger partial charge in [0.05, 0.1) is 0 Å². The molecule has 0 N–H and O–H groups in total. The first-order valence-electron chi connectivity index (χ1n) is 3.97. The molecule has 2 aliphatic carbocycles. The predicted molar refractivity (Wildman–Crippen MR) is 43.6 cm³/mol. The highest BCUT2D eigenvalue weighted by atomic mass is 14.2. The summed E-state index contributed by atoms with van der Waals surface area (Å²) >= 11 is 0. The molecule has 2 aliphatic rings. The Morgan fingerprint density at radius 3 is 1.80 bits per heavy atom. The fourth-order valence-corrected chi connectivity index (χ4v) is 1.71. The summed E-state index contributed by atoms with van der Waals surface area (Å²) in [5, 5.41) is 0. The molecule has 0 aromatic rings. The van der Waals surface area contributed by atoms with Crippen molar-refractivity contribution in [2.75, 3.05) is 0 Å². The Hall–Kier alpha value is -0.780. The van der Waals surface area contributed by atoms with Crippen LogP contribution in [-0.4, -0.2) is 0 Å². The van der Waals surface area contributed by atoms with E-state index in [4.69, 9.17) is 0 Å². The molecule has 0 heterocycles. The van der Waals surface area contributed by atoms with E-state index in [1.807, 2.05) is 0 Å². The van der Waals surface area contributed by atoms with Crippen LogP contribution in [0.2, 0.25) is 0 Å². The van der Waals surface area contributed by atoms with E-state index in [2.05, 4.69) is 36.5 Å². The lowest BCUT2D eigenvalue weighted by molar-refractivity contribution is 0.460. The van der Waals surface area contributed by atoms with Crippen LogP contribution in [0.5, 0.6) is 0 Å². The van der Waals surface area contributed by atoms with Crippen LogP contribution in [0, 0.1) is 11.8 Å². The highest BCUT2D eigenvalue weighted by Gasteiger charge is 2.18. The van der Waals surface area contributed by atoms with E-state index in [9.17, 15) is 0 Å². The summed E-state index contributed by atoms with van der Waals surface area (Å²) in [4.78, 5) is 0. The Morgan fingerprint density at radius 1 is 0.800 bits per heavy atom. The standard InChI is InChI=1S/C10H12/c1-2-6-10-8-4-3-7-9(10)5-1/h1-6,9-10H,7-8H2. The first kappa shape index (κ1) is 5.96. The zero-order valence-corrected chi connectivity index (χ0v) is 6.03. The quantitative estimate of drug-likeness (QED) is 0.444. The van der Waals surface area contributed by atoms with Gasteiger partial charge in [-0.05, 0) is 24.7 Å². The van der Waals surface area contributed by atoms with Gasteiger partial charge in [-0.1, -0.05) is 36.5 Å². The zero-order chi connectivity index (χ0) is 6.81. The van der Waals surface area contributed by atoms with Crippen LogP contribution in [0.3, 0.4) is 0 Å². The van der Waals surface area contributed by atoms with Crippen LogP contribution in [0.15, 0.2) is 36.5 Å². The summed E-state index contributed by atoms with van der Waals surface area (Å²) in [7, 11) is 0. The molecule has 2 unspecified atom stereocenters. The van der Waals surface area contributed by atoms with Crippen molar-refractivity contribution in [3.8, 4) is 0 Å². The van der Waals surface area contributed by atoms with Crippen molar-refractivity contribution in [3.05, 3.63) is 36.5 Å². The molecule has 0 aromatic carbocycles. The Balaban J connectivity index is 2.19. The fourth-order valence-electron chi connectivity index (χ4n) is 1.71. The molecule has 2 atom stereocenters. The van der Waals surface area contributed by atoms with E-state index < -0.39 is 0 Å². The second kappa shape index (κ2) is 2.45. The van der Waals surface area contributed by atoms with Gasteiger partial charge in [0.1, 0.15) is 0 Å². The number of rotatable bonds is 0. The van der Waals surface area contributed by atoms with Crippen molar-refractivity contribution in [2.24, 2.45) is 11.8 Å². The first-order valence-corrected chi connectivity index (χ1v) is 3.97. The van der Waals surface area contributed by atoms with Gasteiger partial charge in [-0.3, -0.25) is 0 Å². The van der Waals surface area contributed by atoms with E-state index in [0.29, 0.717) is 0 Å². The molecular formula is C10H12. The van der Waals surface area contributed by atoms with E-state index >= 15 is 0 Å². The summed E-state index contributed by atoms with van der Waals surface area (Å²) in [5.74, 6) is 1.60. The van der Waals surface area contributed by atoms with Gasteiger partial charge in [0.2, 0.25) is 0 Å². The van der Waals surface area contributed by atoms with Crippen LogP contribution in [0.4, 0.5) is 0 Å². The molecule has 0 aliphatic heterocycles. The lowest BCUT2D eigenvalue weighted by atomic mass is 9.81. The number of hydrogen-bond acceptors (Lipinski definition) is 0. The smallest absolute Gasteiger partial charge is 0.0130 e. The van der Waals surface area contributed by atoms with Gasteiger partial charge in [0.15, 0.2) is 0 Å². The molecule has 0 spiro atoms. The van der Waals surface area contributed by atoms with Crippen molar-refractivity contribution < 1.29 is 0 Å². The van der Waals surface area contributed by atoms with Gasteiger partial charge in [-0.15, -0.1) is 0 Å². The fraction of sp³-hybridized carbons (Fsp3) is 0.400. The normalized spacial score (nSPS) is 36.0. The topological polar surface area (TPSA) is 0 Å². The van der Waals surface area contributed by atoms with Crippen molar-refractivity contribution in [2.45, 2.75) is 12.8 Å². The van der Waals surface area contributed by atoms with Crippen LogP contribution < -0.4 is 0 Å². The second-order valence-corrected chi connectivity index (χ2v) is 3.04. The zero-order valence-electron chi connectivity index (χ0n) is 6.03. The Morgan fingerprint density at radius 2 is 1.30 bits per heavy atom. The van der Waals surface area contributed by atoms with Gasteiger partial charge >= 0.3 is 0 Å². The average Bonchev–Trinajstić information content (AvgIpc) is 2.05. The molecule has 0 bridgehead atoms. The molecule has 10 heavy (non-hydrogen) atoms. The number of fused-ring (bicyclic) bond motifs is 1. The molecular weight excluding hydrogens is 120 g/mol. The van der Waals surface area contributed by atoms with Gasteiger partial charge in [-0.2, -0.15) is 0 Å². The Bertz CT molecular complexity index is 174. The summed E-state index contributed by atoms with van der Waals surface area (Å²) in [6, 6.07) is 0. The Kier molecular flexibility index (Phi) is 1.46. The summed E-state index contributed by atoms with van der Waals surface area (Å²) < 4.78 is 0. The third kappa shape index (κ3) is 0.942. The number of hydrogen-bond donors (Lipinski definition) is 0. The van der Waals surface area contributed by atoms with Crippen molar-refractivity contribution >= 4 is 0 Å². The molecule has 0 aromatic heterocycles. The maximum absolute atomic E-state index is 2.33. The van der Waals surface area contributed by atoms with Gasteiger partial charge in [-0.25, -0.2) is 0 Å². The molecule has 2 rings (SSSR count). The van der Waals surface area contributed by atoms with Crippen molar-refractivity contribution in [1.82, 2.24) is 0 Å². The highest BCUT2D eigenvalue weighted by molar-refractivity contribution is 5.18. The van der Waals surface area contributed by atoms with Crippen LogP contribution >= 0.6 is 0 Å². The van der Waals surface area contributed by atoms with Crippen molar-refractivity contribution in [1.29, 1.82) is 0 Å². The Labute approximate surface area is 61.9 Å². The lowest BCUT2D eigenvalue weighted by Crippen LogP contribution is -2.13. The van der Waals surface area contributed by atoms with Crippen molar-refractivity contribution in [3.63, 3.8) is 0 Å². The van der Waals surface area contributed by atoms with Crippen LogP contribution in [0.1, 0.15) is 12.8 Å². The molecule has 52 valence electrons. The van der Waals surface area contributed by atoms with E-state index in [-0.39, 0.29) is 0 Å². The third-order valence-corrected chi connectivity index (χ3v) is 2.36. The molecule has 0 saturated carbocycles. The molecule has 0 radical (unpaired) electrons. The van der Waals surface area contributed by atoms with Crippen LogP contribution in [0.25, 0.3) is 0 Å². The monoisotopic (exact) mass is 132 g/mol. The molecule has 0 fully saturated rings. The number of allylic oxidation sites excluding steroid dienone is 6. The van der Waals surface area contributed by atoms with E-state index in [0.717, 1.165) is 11.8 Å².